The van der Waals surface area contributed by atoms with Crippen molar-refractivity contribution in [2.45, 2.75) is 39.5 Å². The number of carbonyl (C=O) groups excluding carboxylic acids is 2. The number of aromatic hydroxyl groups is 1. The second-order valence-electron chi connectivity index (χ2n) is 7.37. The van der Waals surface area contributed by atoms with Crippen LogP contribution in [0.1, 0.15) is 45.7 Å². The topological polar surface area (TPSA) is 78.9 Å². The predicted molar refractivity (Wildman–Crippen MR) is 106 cm³/mol. The lowest BCUT2D eigenvalue weighted by Crippen LogP contribution is -2.48. The maximum absolute atomic E-state index is 12.7. The number of hydrogen-bond acceptors (Lipinski definition) is 4. The highest BCUT2D eigenvalue weighted by atomic mass is 16.5. The molecule has 148 valence electrons. The third-order valence-electron chi connectivity index (χ3n) is 4.76. The van der Waals surface area contributed by atoms with Gasteiger partial charge in [-0.15, -0.1) is 0 Å². The number of nitrogens with one attached hydrogen (secondary N) is 1. The van der Waals surface area contributed by atoms with Crippen molar-refractivity contribution in [3.05, 3.63) is 64.7 Å². The highest BCUT2D eigenvalue weighted by Crippen LogP contribution is 2.19. The van der Waals surface area contributed by atoms with Gasteiger partial charge in [0.25, 0.3) is 11.8 Å². The van der Waals surface area contributed by atoms with Crippen molar-refractivity contribution < 1.29 is 19.4 Å². The summed E-state index contributed by atoms with van der Waals surface area (Å²) in [7, 11) is 0. The molecule has 2 aromatic rings. The maximum Gasteiger partial charge on any atom is 0.255 e. The van der Waals surface area contributed by atoms with E-state index in [1.165, 1.54) is 0 Å². The number of phenolic OH excluding ortho intramolecular Hbond substituents is 1. The standard InChI is InChI=1S/C22H26N2O4/c1-14-4-9-19(20(25)10-14)21(26)23-11-17-5-7-18(8-6-17)22(27)24-12-15(2)28-16(3)13-24/h4-10,15-16,25H,11-13H2,1-3H3,(H,23,26). The van der Waals surface area contributed by atoms with E-state index >= 15 is 0 Å². The molecule has 1 aliphatic heterocycles. The highest BCUT2D eigenvalue weighted by molar-refractivity contribution is 5.97. The Bertz CT molecular complexity index is 853. The number of amides is 2. The molecule has 1 saturated heterocycles. The molecule has 0 bridgehead atoms. The third-order valence-corrected chi connectivity index (χ3v) is 4.76. The largest absolute Gasteiger partial charge is 0.507 e. The molecule has 3 rings (SSSR count). The molecule has 2 amide bonds. The molecule has 1 heterocycles. The van der Waals surface area contributed by atoms with E-state index in [9.17, 15) is 14.7 Å². The number of phenols is 1. The number of aryl methyl sites for hydroxylation is 1. The monoisotopic (exact) mass is 382 g/mol. The lowest BCUT2D eigenvalue weighted by molar-refractivity contribution is -0.0586. The molecule has 2 atom stereocenters. The van der Waals surface area contributed by atoms with Gasteiger partial charge in [0.2, 0.25) is 0 Å². The van der Waals surface area contributed by atoms with Crippen molar-refractivity contribution in [2.75, 3.05) is 13.1 Å². The Kier molecular flexibility index (Phi) is 5.99. The minimum atomic E-state index is -0.339. The van der Waals surface area contributed by atoms with Crippen LogP contribution in [-0.4, -0.2) is 47.1 Å². The quantitative estimate of drug-likeness (QED) is 0.852. The van der Waals surface area contributed by atoms with Crippen LogP contribution >= 0.6 is 0 Å². The lowest BCUT2D eigenvalue weighted by Gasteiger charge is -2.35. The molecule has 0 saturated carbocycles. The SMILES string of the molecule is Cc1ccc(C(=O)NCc2ccc(C(=O)N3CC(C)OC(C)C3)cc2)c(O)c1. The fourth-order valence-electron chi connectivity index (χ4n) is 3.40. The van der Waals surface area contributed by atoms with Gasteiger partial charge < -0.3 is 20.1 Å². The van der Waals surface area contributed by atoms with E-state index in [0.717, 1.165) is 11.1 Å². The molecular weight excluding hydrogens is 356 g/mol. The molecule has 2 N–H and O–H groups in total. The summed E-state index contributed by atoms with van der Waals surface area (Å²) in [6.07, 6.45) is 0.0563. The van der Waals surface area contributed by atoms with Gasteiger partial charge in [0, 0.05) is 25.2 Å². The van der Waals surface area contributed by atoms with Crippen molar-refractivity contribution in [2.24, 2.45) is 0 Å². The molecule has 1 aliphatic rings. The van der Waals surface area contributed by atoms with E-state index in [1.54, 1.807) is 30.3 Å². The molecular formula is C22H26N2O4. The van der Waals surface area contributed by atoms with Crippen LogP contribution < -0.4 is 5.32 Å². The van der Waals surface area contributed by atoms with Crippen molar-refractivity contribution in [3.8, 4) is 5.75 Å². The fraction of sp³-hybridized carbons (Fsp3) is 0.364. The van der Waals surface area contributed by atoms with Crippen molar-refractivity contribution in [1.29, 1.82) is 0 Å². The van der Waals surface area contributed by atoms with Gasteiger partial charge in [-0.1, -0.05) is 18.2 Å². The van der Waals surface area contributed by atoms with Crippen LogP contribution in [0.5, 0.6) is 5.75 Å². The average molecular weight is 382 g/mol. The first-order valence-electron chi connectivity index (χ1n) is 9.45. The molecule has 0 radical (unpaired) electrons. The zero-order valence-corrected chi connectivity index (χ0v) is 16.4. The first-order valence-corrected chi connectivity index (χ1v) is 9.45. The van der Waals surface area contributed by atoms with E-state index in [1.807, 2.05) is 37.8 Å². The maximum atomic E-state index is 12.7. The highest BCUT2D eigenvalue weighted by Gasteiger charge is 2.26. The molecule has 1 fully saturated rings. The van der Waals surface area contributed by atoms with Crippen LogP contribution in [-0.2, 0) is 11.3 Å². The molecule has 0 spiro atoms. The number of morpholine rings is 1. The lowest BCUT2D eigenvalue weighted by atomic mass is 10.1. The molecule has 6 heteroatoms. The van der Waals surface area contributed by atoms with Gasteiger partial charge in [0.15, 0.2) is 0 Å². The smallest absolute Gasteiger partial charge is 0.255 e. The molecule has 0 aromatic heterocycles. The van der Waals surface area contributed by atoms with Crippen molar-refractivity contribution in [1.82, 2.24) is 10.2 Å². The average Bonchev–Trinajstić information content (AvgIpc) is 2.65. The summed E-state index contributed by atoms with van der Waals surface area (Å²) < 4.78 is 5.68. The van der Waals surface area contributed by atoms with Gasteiger partial charge in [-0.3, -0.25) is 9.59 Å². The van der Waals surface area contributed by atoms with Crippen LogP contribution in [0.4, 0.5) is 0 Å². The number of benzene rings is 2. The Morgan fingerprint density at radius 2 is 1.75 bits per heavy atom. The zero-order valence-electron chi connectivity index (χ0n) is 16.4. The first kappa shape index (κ1) is 19.9. The second kappa shape index (κ2) is 8.44. The van der Waals surface area contributed by atoms with Crippen LogP contribution in [0, 0.1) is 6.92 Å². The number of rotatable bonds is 4. The van der Waals surface area contributed by atoms with Crippen molar-refractivity contribution in [3.63, 3.8) is 0 Å². The Labute approximate surface area is 165 Å². The predicted octanol–water partition coefficient (Wildman–Crippen LogP) is 2.88. The Morgan fingerprint density at radius 3 is 2.36 bits per heavy atom. The van der Waals surface area contributed by atoms with Crippen LogP contribution in [0.3, 0.4) is 0 Å². The van der Waals surface area contributed by atoms with E-state index in [2.05, 4.69) is 5.32 Å². The normalized spacial score (nSPS) is 19.3. The summed E-state index contributed by atoms with van der Waals surface area (Å²) in [5, 5.41) is 12.7. The summed E-state index contributed by atoms with van der Waals surface area (Å²) in [5.74, 6) is -0.386. The summed E-state index contributed by atoms with van der Waals surface area (Å²) in [4.78, 5) is 26.8. The van der Waals surface area contributed by atoms with Crippen LogP contribution in [0.25, 0.3) is 0 Å². The Morgan fingerprint density at radius 1 is 1.11 bits per heavy atom. The minimum Gasteiger partial charge on any atom is -0.507 e. The van der Waals surface area contributed by atoms with Gasteiger partial charge in [-0.25, -0.2) is 0 Å². The van der Waals surface area contributed by atoms with E-state index in [-0.39, 0.29) is 35.3 Å². The summed E-state index contributed by atoms with van der Waals surface area (Å²) >= 11 is 0. The number of ether oxygens (including phenoxy) is 1. The number of hydrogen-bond donors (Lipinski definition) is 2. The van der Waals surface area contributed by atoms with Crippen molar-refractivity contribution >= 4 is 11.8 Å². The van der Waals surface area contributed by atoms with Gasteiger partial charge in [-0.2, -0.15) is 0 Å². The van der Waals surface area contributed by atoms with E-state index < -0.39 is 0 Å². The summed E-state index contributed by atoms with van der Waals surface area (Å²) in [6.45, 7) is 7.26. The number of nitrogens with zero attached hydrogens (tertiary/aromatic N) is 1. The molecule has 0 aliphatic carbocycles. The van der Waals surface area contributed by atoms with Crippen LogP contribution in [0.15, 0.2) is 42.5 Å². The first-order chi connectivity index (χ1) is 13.3. The van der Waals surface area contributed by atoms with Gasteiger partial charge >= 0.3 is 0 Å². The van der Waals surface area contributed by atoms with Gasteiger partial charge in [-0.05, 0) is 56.2 Å². The molecule has 6 nitrogen and oxygen atoms in total. The molecule has 2 aromatic carbocycles. The zero-order chi connectivity index (χ0) is 20.3. The van der Waals surface area contributed by atoms with E-state index in [0.29, 0.717) is 25.2 Å². The summed E-state index contributed by atoms with van der Waals surface area (Å²) in [6, 6.07) is 12.2. The number of carbonyl (C=O) groups is 2. The second-order valence-corrected chi connectivity index (χ2v) is 7.37. The third kappa shape index (κ3) is 4.70. The van der Waals surface area contributed by atoms with E-state index in [4.69, 9.17) is 4.74 Å². The Balaban J connectivity index is 1.60. The van der Waals surface area contributed by atoms with Gasteiger partial charge in [0.05, 0.1) is 17.8 Å². The molecule has 28 heavy (non-hydrogen) atoms. The Hall–Kier alpha value is -2.86. The summed E-state index contributed by atoms with van der Waals surface area (Å²) in [5.41, 5.74) is 2.62. The van der Waals surface area contributed by atoms with Gasteiger partial charge in [0.1, 0.15) is 5.75 Å². The van der Waals surface area contributed by atoms with Crippen LogP contribution in [0.2, 0.25) is 0 Å². The minimum absolute atomic E-state index is 0.0119. The molecule has 2 unspecified atom stereocenters. The fourth-order valence-corrected chi connectivity index (χ4v) is 3.40.